The van der Waals surface area contributed by atoms with Crippen molar-refractivity contribution >= 4 is 67.0 Å². The van der Waals surface area contributed by atoms with Crippen molar-refractivity contribution in [1.29, 1.82) is 0 Å². The van der Waals surface area contributed by atoms with Crippen molar-refractivity contribution in [2.45, 2.75) is 24.8 Å². The summed E-state index contributed by atoms with van der Waals surface area (Å²) in [6.45, 7) is 3.08. The third-order valence-electron chi connectivity index (χ3n) is 6.91. The number of aromatic nitrogens is 1. The van der Waals surface area contributed by atoms with Crippen molar-refractivity contribution in [2.24, 2.45) is 0 Å². The molecule has 0 spiro atoms. The molecule has 8 nitrogen and oxygen atoms in total. The van der Waals surface area contributed by atoms with E-state index in [2.05, 4.69) is 28.5 Å². The monoisotopic (exact) mass is 600 g/mol. The fourth-order valence-electron chi connectivity index (χ4n) is 5.06. The predicted molar refractivity (Wildman–Crippen MR) is 155 cm³/mol. The zero-order valence-corrected chi connectivity index (χ0v) is 24.7. The van der Waals surface area contributed by atoms with Crippen molar-refractivity contribution < 1.29 is 45.5 Å². The summed E-state index contributed by atoms with van der Waals surface area (Å²) in [5.74, 6) is 1.34. The van der Waals surface area contributed by atoms with E-state index in [1.165, 1.54) is 0 Å². The fourth-order valence-corrected chi connectivity index (χ4v) is 7.59. The summed E-state index contributed by atoms with van der Waals surface area (Å²) in [6, 6.07) is 7.87. The van der Waals surface area contributed by atoms with Gasteiger partial charge in [-0.15, -0.1) is 0 Å². The van der Waals surface area contributed by atoms with Gasteiger partial charge in [-0.05, 0) is 30.2 Å². The van der Waals surface area contributed by atoms with E-state index in [1.54, 1.807) is 49.8 Å². The molecule has 0 amide bonds. The van der Waals surface area contributed by atoms with Crippen LogP contribution in [0.5, 0.6) is 11.5 Å². The number of benzene rings is 2. The van der Waals surface area contributed by atoms with Crippen LogP contribution in [-0.2, 0) is 6.54 Å². The van der Waals surface area contributed by atoms with Gasteiger partial charge >= 0.3 is 0 Å². The summed E-state index contributed by atoms with van der Waals surface area (Å²) in [4.78, 5) is 3.21. The molecule has 40 heavy (non-hydrogen) atoms. The van der Waals surface area contributed by atoms with Crippen LogP contribution in [0.3, 0.4) is 0 Å². The molecule has 0 atom stereocenters. The average molecular weight is 601 g/mol. The second-order valence-corrected chi connectivity index (χ2v) is 11.1. The van der Waals surface area contributed by atoms with E-state index < -0.39 is 0 Å². The highest BCUT2D eigenvalue weighted by Crippen LogP contribution is 2.52. The number of thioether (sulfide) groups is 1. The van der Waals surface area contributed by atoms with Gasteiger partial charge in [-0.2, -0.15) is 4.57 Å². The molecular weight excluding hydrogens is 572 g/mol. The predicted octanol–water partition coefficient (Wildman–Crippen LogP) is 2.93. The highest BCUT2D eigenvalue weighted by molar-refractivity contribution is 8.04. The molecule has 0 fully saturated rings. The number of allylic oxidation sites excluding steroid dienone is 2. The molecule has 0 unspecified atom stereocenters. The SMILES string of the molecule is CCC(/C=C1\Sc2c(cc(OC)c3occc23)N1CCO)=C\c1sc2c3ccoc3c(OC)cc2[n+]1CCO.[Cl-]. The van der Waals surface area contributed by atoms with E-state index in [4.69, 9.17) is 18.3 Å². The molecule has 0 radical (unpaired) electrons. The number of halogens is 1. The summed E-state index contributed by atoms with van der Waals surface area (Å²) in [6.07, 6.45) is 8.52. The van der Waals surface area contributed by atoms with Gasteiger partial charge in [0.05, 0.1) is 50.1 Å². The highest BCUT2D eigenvalue weighted by Gasteiger charge is 2.30. The molecular formula is C29H29ClN2O6S2. The number of fused-ring (bicyclic) bond motifs is 6. The molecule has 4 heterocycles. The smallest absolute Gasteiger partial charge is 0.263 e. The Morgan fingerprint density at radius 3 is 2.40 bits per heavy atom. The first kappa shape index (κ1) is 28.4. The van der Waals surface area contributed by atoms with Gasteiger partial charge in [-0.1, -0.05) is 30.0 Å². The number of aliphatic hydroxyl groups excluding tert-OH is 2. The lowest BCUT2D eigenvalue weighted by Crippen LogP contribution is -3.00. The summed E-state index contributed by atoms with van der Waals surface area (Å²) in [5.41, 5.74) is 4.55. The Hall–Kier alpha value is -3.15. The molecule has 3 aromatic heterocycles. The maximum Gasteiger partial charge on any atom is 0.263 e. The van der Waals surface area contributed by atoms with Crippen LogP contribution in [0.25, 0.3) is 38.2 Å². The number of anilines is 1. The number of hydrogen-bond acceptors (Lipinski definition) is 9. The number of rotatable bonds is 9. The van der Waals surface area contributed by atoms with Gasteiger partial charge in [0.2, 0.25) is 5.52 Å². The number of aliphatic hydroxyl groups is 2. The molecule has 6 rings (SSSR count). The van der Waals surface area contributed by atoms with E-state index >= 15 is 0 Å². The number of furan rings is 2. The number of hydrogen-bond donors (Lipinski definition) is 2. The lowest BCUT2D eigenvalue weighted by Gasteiger charge is -2.20. The van der Waals surface area contributed by atoms with Gasteiger partial charge in [0.15, 0.2) is 29.2 Å². The lowest BCUT2D eigenvalue weighted by atomic mass is 10.1. The standard InChI is InChI=1S/C29H29N2O6S2.ClH/c1-4-17(13-24-30(7-9-32)20-15-22(34-2)26-18(5-11-36-26)28(20)38-24)14-25-31(8-10-33)21-16-23(35-3)27-19(6-12-37-27)29(21)39-25;/h5-6,11-16,32-33H,4,7-10H2,1-3H3;1H/q+1;/p-1. The van der Waals surface area contributed by atoms with Crippen molar-refractivity contribution in [3.63, 3.8) is 0 Å². The van der Waals surface area contributed by atoms with Gasteiger partial charge in [0.1, 0.15) is 11.3 Å². The van der Waals surface area contributed by atoms with Crippen molar-refractivity contribution in [3.05, 3.63) is 58.5 Å². The molecule has 11 heteroatoms. The second kappa shape index (κ2) is 11.8. The fraction of sp³-hybridized carbons (Fsp3) is 0.276. The van der Waals surface area contributed by atoms with Gasteiger partial charge < -0.3 is 45.8 Å². The Morgan fingerprint density at radius 2 is 1.73 bits per heavy atom. The maximum atomic E-state index is 9.90. The lowest BCUT2D eigenvalue weighted by molar-refractivity contribution is -0.670. The number of nitrogens with zero attached hydrogens (tertiary/aromatic N) is 2. The minimum atomic E-state index is 0. The largest absolute Gasteiger partial charge is 1.00 e. The average Bonchev–Trinajstić information content (AvgIpc) is 3.74. The number of thiazole rings is 1. The van der Waals surface area contributed by atoms with Crippen molar-refractivity contribution in [2.75, 3.05) is 38.9 Å². The van der Waals surface area contributed by atoms with E-state index in [0.717, 1.165) is 64.8 Å². The zero-order valence-electron chi connectivity index (χ0n) is 22.3. The van der Waals surface area contributed by atoms with Crippen LogP contribution in [0.1, 0.15) is 18.4 Å². The minimum Gasteiger partial charge on any atom is -1.00 e. The Labute approximate surface area is 245 Å². The van der Waals surface area contributed by atoms with Gasteiger partial charge in [-0.3, -0.25) is 0 Å². The van der Waals surface area contributed by atoms with Gasteiger partial charge in [0.25, 0.3) is 5.01 Å². The summed E-state index contributed by atoms with van der Waals surface area (Å²) < 4.78 is 25.8. The Balaban J connectivity index is 0.00000323. The third-order valence-corrected chi connectivity index (χ3v) is 9.27. The van der Waals surface area contributed by atoms with Gasteiger partial charge in [-0.25, -0.2) is 0 Å². The zero-order chi connectivity index (χ0) is 27.1. The Bertz CT molecular complexity index is 1750. The van der Waals surface area contributed by atoms with E-state index in [0.29, 0.717) is 24.6 Å². The molecule has 5 aromatic rings. The van der Waals surface area contributed by atoms with E-state index in [1.807, 2.05) is 24.3 Å². The van der Waals surface area contributed by atoms with Crippen molar-refractivity contribution in [3.8, 4) is 11.5 Å². The van der Waals surface area contributed by atoms with Gasteiger partial charge in [0, 0.05) is 34.4 Å². The normalized spacial score (nSPS) is 14.5. The minimum absolute atomic E-state index is 0. The molecule has 2 aromatic carbocycles. The number of β-amino-alcohol motifs (C(OH)–C–C–N with tert-alkyl or cyclic N) is 1. The molecule has 210 valence electrons. The first-order valence-corrected chi connectivity index (χ1v) is 14.3. The van der Waals surface area contributed by atoms with Crippen LogP contribution in [0.15, 0.2) is 67.2 Å². The van der Waals surface area contributed by atoms with Crippen LogP contribution >= 0.6 is 23.1 Å². The third kappa shape index (κ3) is 4.63. The topological polar surface area (TPSA) is 92.3 Å². The van der Waals surface area contributed by atoms with Crippen molar-refractivity contribution in [1.82, 2.24) is 0 Å². The van der Waals surface area contributed by atoms with E-state index in [9.17, 15) is 10.2 Å². The van der Waals surface area contributed by atoms with E-state index in [-0.39, 0.29) is 25.6 Å². The van der Waals surface area contributed by atoms with Crippen LogP contribution in [0.2, 0.25) is 0 Å². The Morgan fingerprint density at radius 1 is 1.02 bits per heavy atom. The quantitative estimate of drug-likeness (QED) is 0.250. The molecule has 0 saturated heterocycles. The molecule has 0 bridgehead atoms. The molecule has 0 aliphatic carbocycles. The highest BCUT2D eigenvalue weighted by atomic mass is 35.5. The molecule has 2 N–H and O–H groups in total. The summed E-state index contributed by atoms with van der Waals surface area (Å²) in [5, 5.41) is 23.8. The first-order chi connectivity index (χ1) is 19.1. The maximum absolute atomic E-state index is 9.90. The van der Waals surface area contributed by atoms with Crippen LogP contribution in [0.4, 0.5) is 5.69 Å². The summed E-state index contributed by atoms with van der Waals surface area (Å²) >= 11 is 3.33. The number of ether oxygens (including phenoxy) is 2. The Kier molecular flexibility index (Phi) is 8.34. The molecule has 0 saturated carbocycles. The first-order valence-electron chi connectivity index (χ1n) is 12.7. The van der Waals surface area contributed by atoms with Crippen LogP contribution < -0.4 is 31.3 Å². The van der Waals surface area contributed by atoms with Crippen LogP contribution in [0, 0.1) is 0 Å². The second-order valence-electron chi connectivity index (χ2n) is 9.03. The molecule has 1 aliphatic heterocycles. The molecule has 1 aliphatic rings. The number of methoxy groups -OCH3 is 2. The van der Waals surface area contributed by atoms with Crippen LogP contribution in [-0.4, -0.2) is 44.2 Å². The summed E-state index contributed by atoms with van der Waals surface area (Å²) in [7, 11) is 3.27.